The Morgan fingerprint density at radius 1 is 1.44 bits per heavy atom. The summed E-state index contributed by atoms with van der Waals surface area (Å²) in [5.74, 6) is 0.848. The van der Waals surface area contributed by atoms with Gasteiger partial charge in [0, 0.05) is 50.8 Å². The van der Waals surface area contributed by atoms with Gasteiger partial charge in [0.2, 0.25) is 0 Å². The van der Waals surface area contributed by atoms with Crippen molar-refractivity contribution in [3.8, 4) is 0 Å². The summed E-state index contributed by atoms with van der Waals surface area (Å²) >= 11 is 0. The third-order valence-corrected chi connectivity index (χ3v) is 4.29. The second-order valence-corrected chi connectivity index (χ2v) is 5.98. The van der Waals surface area contributed by atoms with Crippen molar-refractivity contribution in [2.45, 2.75) is 12.8 Å². The first-order valence-corrected chi connectivity index (χ1v) is 8.14. The van der Waals surface area contributed by atoms with E-state index in [2.05, 4.69) is 15.0 Å². The summed E-state index contributed by atoms with van der Waals surface area (Å²) in [6.07, 6.45) is 2.69. The highest BCUT2D eigenvalue weighted by Crippen LogP contribution is 2.30. The number of hydrogen-bond donors (Lipinski definition) is 1. The van der Waals surface area contributed by atoms with Crippen LogP contribution in [-0.4, -0.2) is 59.2 Å². The van der Waals surface area contributed by atoms with Gasteiger partial charge in [0.15, 0.2) is 5.82 Å². The number of nitrogens with two attached hydrogens (primary N) is 1. The number of pyridine rings is 1. The van der Waals surface area contributed by atoms with Crippen LogP contribution in [0.4, 0.5) is 10.2 Å². The lowest BCUT2D eigenvalue weighted by atomic mass is 10.1. The molecule has 0 atom stereocenters. The fourth-order valence-electron chi connectivity index (χ4n) is 2.99. The molecule has 1 aliphatic rings. The number of aryl methyl sites for hydroxylation is 1. The third kappa shape index (κ3) is 3.24. The molecule has 1 amide bonds. The van der Waals surface area contributed by atoms with Crippen molar-refractivity contribution >= 4 is 34.8 Å². The number of carbonyl (C=O) groups excluding carboxylic acids is 1. The number of rotatable bonds is 5. The van der Waals surface area contributed by atoms with Crippen molar-refractivity contribution in [2.24, 2.45) is 22.8 Å². The summed E-state index contributed by atoms with van der Waals surface area (Å²) in [7, 11) is 3.72. The number of amidine groups is 1. The molecule has 2 N–H and O–H groups in total. The lowest BCUT2D eigenvalue weighted by molar-refractivity contribution is 0.0781. The van der Waals surface area contributed by atoms with Crippen molar-refractivity contribution in [3.63, 3.8) is 0 Å². The lowest BCUT2D eigenvalue weighted by Crippen LogP contribution is -2.34. The Morgan fingerprint density at radius 3 is 3.00 bits per heavy atom. The molecule has 1 aliphatic heterocycles. The predicted molar refractivity (Wildman–Crippen MR) is 96.6 cm³/mol. The van der Waals surface area contributed by atoms with Crippen LogP contribution in [0.1, 0.15) is 22.5 Å². The SMILES string of the molecule is CN1CCc2c(c3ccc(N=C(N)CC=NCCF)nc3n2C)C1=O. The average Bonchev–Trinajstić information content (AvgIpc) is 2.88. The summed E-state index contributed by atoms with van der Waals surface area (Å²) in [5, 5.41) is 0.830. The van der Waals surface area contributed by atoms with Crippen LogP contribution in [0.5, 0.6) is 0 Å². The largest absolute Gasteiger partial charge is 0.387 e. The molecule has 0 fully saturated rings. The second-order valence-electron chi connectivity index (χ2n) is 5.98. The maximum atomic E-state index is 12.5. The molecule has 0 aliphatic carbocycles. The Kier molecular flexibility index (Phi) is 4.78. The highest BCUT2D eigenvalue weighted by Gasteiger charge is 2.28. The zero-order valence-electron chi connectivity index (χ0n) is 14.4. The molecule has 3 rings (SSSR count). The third-order valence-electron chi connectivity index (χ3n) is 4.29. The number of hydrogen-bond acceptors (Lipinski definition) is 4. The van der Waals surface area contributed by atoms with E-state index in [4.69, 9.17) is 5.73 Å². The minimum Gasteiger partial charge on any atom is -0.387 e. The van der Waals surface area contributed by atoms with E-state index < -0.39 is 6.67 Å². The van der Waals surface area contributed by atoms with E-state index in [-0.39, 0.29) is 12.5 Å². The van der Waals surface area contributed by atoms with E-state index in [0.29, 0.717) is 30.3 Å². The Bertz CT molecular complexity index is 870. The number of fused-ring (bicyclic) bond motifs is 3. The number of carbonyl (C=O) groups is 1. The molecule has 0 bridgehead atoms. The number of alkyl halides is 1. The van der Waals surface area contributed by atoms with Crippen LogP contribution in [0.2, 0.25) is 0 Å². The molecule has 8 heteroatoms. The molecule has 3 heterocycles. The Hall–Kier alpha value is -2.77. The van der Waals surface area contributed by atoms with Gasteiger partial charge < -0.3 is 15.2 Å². The summed E-state index contributed by atoms with van der Waals surface area (Å²) in [4.78, 5) is 26.9. The van der Waals surface area contributed by atoms with Gasteiger partial charge in [-0.1, -0.05) is 0 Å². The minimum atomic E-state index is -0.488. The molecule has 25 heavy (non-hydrogen) atoms. The standard InChI is InChI=1S/C17H21FN6O/c1-23-10-6-12-15(17(23)25)11-3-4-14(22-16(11)24(12)2)21-13(19)5-8-20-9-7-18/h3-4,8H,5-7,9-10H2,1-2H3,(H2,19,21,22). The normalized spacial score (nSPS) is 15.4. The van der Waals surface area contributed by atoms with Crippen molar-refractivity contribution < 1.29 is 9.18 Å². The smallest absolute Gasteiger partial charge is 0.256 e. The fourth-order valence-corrected chi connectivity index (χ4v) is 2.99. The fraction of sp³-hybridized carbons (Fsp3) is 0.412. The maximum Gasteiger partial charge on any atom is 0.256 e. The number of nitrogens with zero attached hydrogens (tertiary/aromatic N) is 5. The topological polar surface area (TPSA) is 88.9 Å². The molecule has 0 unspecified atom stereocenters. The average molecular weight is 344 g/mol. The molecule has 132 valence electrons. The molecule has 0 saturated heterocycles. The van der Waals surface area contributed by atoms with Gasteiger partial charge >= 0.3 is 0 Å². The monoisotopic (exact) mass is 344 g/mol. The highest BCUT2D eigenvalue weighted by atomic mass is 19.1. The molecule has 0 spiro atoms. The van der Waals surface area contributed by atoms with Gasteiger partial charge in [0.25, 0.3) is 5.91 Å². The van der Waals surface area contributed by atoms with Crippen LogP contribution in [0.25, 0.3) is 11.0 Å². The number of aliphatic imine (C=N–C) groups is 2. The van der Waals surface area contributed by atoms with Crippen molar-refractivity contribution in [3.05, 3.63) is 23.4 Å². The molecule has 2 aromatic rings. The van der Waals surface area contributed by atoms with Gasteiger partial charge in [-0.15, -0.1) is 0 Å². The first-order valence-electron chi connectivity index (χ1n) is 8.14. The van der Waals surface area contributed by atoms with E-state index in [1.165, 1.54) is 0 Å². The quantitative estimate of drug-likeness (QED) is 0.660. The summed E-state index contributed by atoms with van der Waals surface area (Å²) < 4.78 is 13.9. The molecular weight excluding hydrogens is 323 g/mol. The molecule has 0 saturated carbocycles. The van der Waals surface area contributed by atoms with Crippen LogP contribution in [0.15, 0.2) is 22.1 Å². The van der Waals surface area contributed by atoms with Crippen molar-refractivity contribution in [1.29, 1.82) is 0 Å². The summed E-state index contributed by atoms with van der Waals surface area (Å²) in [5.41, 5.74) is 8.30. The molecular formula is C17H21FN6O. The first-order chi connectivity index (χ1) is 12.0. The predicted octanol–water partition coefficient (Wildman–Crippen LogP) is 1.62. The van der Waals surface area contributed by atoms with Crippen LogP contribution < -0.4 is 5.73 Å². The van der Waals surface area contributed by atoms with Crippen molar-refractivity contribution in [2.75, 3.05) is 26.8 Å². The Balaban J connectivity index is 1.94. The van der Waals surface area contributed by atoms with Crippen LogP contribution >= 0.6 is 0 Å². The minimum absolute atomic E-state index is 0.0217. The lowest BCUT2D eigenvalue weighted by Gasteiger charge is -2.23. The zero-order valence-corrected chi connectivity index (χ0v) is 14.4. The maximum absolute atomic E-state index is 12.5. The van der Waals surface area contributed by atoms with Gasteiger partial charge in [-0.25, -0.2) is 14.4 Å². The molecule has 0 radical (unpaired) electrons. The summed E-state index contributed by atoms with van der Waals surface area (Å²) in [6.45, 7) is 0.346. The van der Waals surface area contributed by atoms with E-state index in [1.54, 1.807) is 24.2 Å². The van der Waals surface area contributed by atoms with Crippen LogP contribution in [0, 0.1) is 0 Å². The number of amides is 1. The highest BCUT2D eigenvalue weighted by molar-refractivity contribution is 6.08. The Morgan fingerprint density at radius 2 is 2.24 bits per heavy atom. The first kappa shape index (κ1) is 17.1. The van der Waals surface area contributed by atoms with E-state index in [0.717, 1.165) is 23.1 Å². The van der Waals surface area contributed by atoms with Crippen molar-refractivity contribution in [1.82, 2.24) is 14.5 Å². The Labute approximate surface area is 145 Å². The van der Waals surface area contributed by atoms with Gasteiger partial charge in [-0.3, -0.25) is 9.79 Å². The molecule has 7 nitrogen and oxygen atoms in total. The summed E-state index contributed by atoms with van der Waals surface area (Å²) in [6, 6.07) is 3.61. The van der Waals surface area contributed by atoms with E-state index in [1.807, 2.05) is 17.7 Å². The zero-order chi connectivity index (χ0) is 18.0. The second kappa shape index (κ2) is 7.00. The number of aromatic nitrogens is 2. The van der Waals surface area contributed by atoms with Crippen LogP contribution in [0.3, 0.4) is 0 Å². The van der Waals surface area contributed by atoms with Gasteiger partial charge in [0.1, 0.15) is 18.2 Å². The number of halogens is 1. The van der Waals surface area contributed by atoms with E-state index in [9.17, 15) is 9.18 Å². The van der Waals surface area contributed by atoms with E-state index >= 15 is 0 Å². The van der Waals surface area contributed by atoms with Gasteiger partial charge in [-0.05, 0) is 12.1 Å². The molecule has 2 aromatic heterocycles. The van der Waals surface area contributed by atoms with Gasteiger partial charge in [0.05, 0.1) is 12.1 Å². The molecule has 0 aromatic carbocycles. The number of likely N-dealkylation sites (N-methyl/N-ethyl adjacent to an activating group) is 1. The van der Waals surface area contributed by atoms with Crippen LogP contribution in [-0.2, 0) is 13.5 Å². The van der Waals surface area contributed by atoms with Gasteiger partial charge in [-0.2, -0.15) is 0 Å².